The van der Waals surface area contributed by atoms with Gasteiger partial charge in [-0.1, -0.05) is 30.9 Å². The molecule has 118 valence electrons. The number of nitrogens with two attached hydrogens (primary N) is 1. The zero-order chi connectivity index (χ0) is 15.7. The Hall–Kier alpha value is -0.820. The average Bonchev–Trinajstić information content (AvgIpc) is 2.43. The molecule has 1 aliphatic rings. The summed E-state index contributed by atoms with van der Waals surface area (Å²) in [7, 11) is -3.71. The maximum Gasteiger partial charge on any atom is 0.240 e. The summed E-state index contributed by atoms with van der Waals surface area (Å²) in [5, 5.41) is 10.7. The maximum atomic E-state index is 12.3. The number of benzene rings is 1. The Balaban J connectivity index is 2.15. The molecule has 1 aromatic rings. The van der Waals surface area contributed by atoms with E-state index in [-0.39, 0.29) is 17.1 Å². The minimum atomic E-state index is -3.71. The molecule has 0 spiro atoms. The van der Waals surface area contributed by atoms with Gasteiger partial charge in [-0.3, -0.25) is 0 Å². The average molecular weight is 333 g/mol. The van der Waals surface area contributed by atoms with E-state index in [9.17, 15) is 13.5 Å². The maximum absolute atomic E-state index is 12.3. The van der Waals surface area contributed by atoms with Crippen molar-refractivity contribution < 1.29 is 13.5 Å². The lowest BCUT2D eigenvalue weighted by Crippen LogP contribution is -2.44. The predicted octanol–water partition coefficient (Wildman–Crippen LogP) is 2.20. The number of aliphatic hydroxyl groups is 1. The third-order valence-electron chi connectivity index (χ3n) is 3.94. The van der Waals surface area contributed by atoms with E-state index in [1.807, 2.05) is 0 Å². The smallest absolute Gasteiger partial charge is 0.240 e. The molecule has 0 amide bonds. The van der Waals surface area contributed by atoms with E-state index in [0.717, 1.165) is 19.3 Å². The number of sulfonamides is 1. The molecule has 0 radical (unpaired) electrons. The predicted molar refractivity (Wildman–Crippen MR) is 83.8 cm³/mol. The Labute approximate surface area is 130 Å². The first-order valence-electron chi connectivity index (χ1n) is 7.01. The highest BCUT2D eigenvalue weighted by atomic mass is 35.5. The van der Waals surface area contributed by atoms with Crippen LogP contribution in [0.25, 0.3) is 0 Å². The monoisotopic (exact) mass is 332 g/mol. The number of nitrogens with one attached hydrogen (secondary N) is 1. The van der Waals surface area contributed by atoms with Gasteiger partial charge in [0.25, 0.3) is 0 Å². The van der Waals surface area contributed by atoms with Crippen LogP contribution < -0.4 is 10.5 Å². The highest BCUT2D eigenvalue weighted by molar-refractivity contribution is 7.89. The summed E-state index contributed by atoms with van der Waals surface area (Å²) in [5.74, 6) is 0. The first-order chi connectivity index (χ1) is 9.73. The van der Waals surface area contributed by atoms with Crippen LogP contribution in [0.4, 0.5) is 5.69 Å². The van der Waals surface area contributed by atoms with Crippen LogP contribution in [0.15, 0.2) is 17.0 Å². The van der Waals surface area contributed by atoms with E-state index in [0.29, 0.717) is 23.4 Å². The molecule has 7 heteroatoms. The Morgan fingerprint density at radius 2 is 1.95 bits per heavy atom. The molecule has 0 aliphatic heterocycles. The molecular weight excluding hydrogens is 312 g/mol. The SMILES string of the molecule is Cc1cc(S(=O)(=O)NCC2(O)CCCCC2)cc(N)c1Cl. The number of hydrogen-bond donors (Lipinski definition) is 3. The number of aryl methyl sites for hydroxylation is 1. The second-order valence-corrected chi connectivity index (χ2v) is 7.90. The molecule has 0 unspecified atom stereocenters. The molecule has 0 aromatic heterocycles. The van der Waals surface area contributed by atoms with Crippen molar-refractivity contribution in [3.05, 3.63) is 22.7 Å². The van der Waals surface area contributed by atoms with Crippen LogP contribution in [0.3, 0.4) is 0 Å². The lowest BCUT2D eigenvalue weighted by molar-refractivity contribution is 0.00946. The number of nitrogen functional groups attached to an aromatic ring is 1. The van der Waals surface area contributed by atoms with Gasteiger partial charge >= 0.3 is 0 Å². The van der Waals surface area contributed by atoms with Gasteiger partial charge in [0.15, 0.2) is 0 Å². The van der Waals surface area contributed by atoms with Gasteiger partial charge in [-0.2, -0.15) is 0 Å². The molecule has 21 heavy (non-hydrogen) atoms. The van der Waals surface area contributed by atoms with E-state index < -0.39 is 15.6 Å². The highest BCUT2D eigenvalue weighted by Crippen LogP contribution is 2.29. The molecule has 2 rings (SSSR count). The summed E-state index contributed by atoms with van der Waals surface area (Å²) in [6.45, 7) is 1.73. The fourth-order valence-corrected chi connectivity index (χ4v) is 3.97. The van der Waals surface area contributed by atoms with Gasteiger partial charge < -0.3 is 10.8 Å². The minimum absolute atomic E-state index is 0.0247. The van der Waals surface area contributed by atoms with E-state index in [2.05, 4.69) is 4.72 Å². The van der Waals surface area contributed by atoms with Gasteiger partial charge in [0.05, 0.1) is 21.2 Å². The first kappa shape index (κ1) is 16.5. The Morgan fingerprint density at radius 1 is 1.33 bits per heavy atom. The third kappa shape index (κ3) is 3.88. The topological polar surface area (TPSA) is 92.4 Å². The molecule has 0 saturated heterocycles. The van der Waals surface area contributed by atoms with E-state index in [1.165, 1.54) is 12.1 Å². The molecule has 1 aromatic carbocycles. The van der Waals surface area contributed by atoms with E-state index in [4.69, 9.17) is 17.3 Å². The summed E-state index contributed by atoms with van der Waals surface area (Å²) in [4.78, 5) is 0.0707. The van der Waals surface area contributed by atoms with Crippen LogP contribution >= 0.6 is 11.6 Å². The van der Waals surface area contributed by atoms with Crippen molar-refractivity contribution in [1.29, 1.82) is 0 Å². The summed E-state index contributed by atoms with van der Waals surface area (Å²) in [6.07, 6.45) is 4.17. The van der Waals surface area contributed by atoms with Gasteiger partial charge in [0, 0.05) is 6.54 Å². The van der Waals surface area contributed by atoms with Crippen LogP contribution in [0.5, 0.6) is 0 Å². The number of rotatable bonds is 4. The highest BCUT2D eigenvalue weighted by Gasteiger charge is 2.31. The lowest BCUT2D eigenvalue weighted by atomic mass is 9.85. The normalized spacial score (nSPS) is 18.6. The standard InChI is InChI=1S/C14H21ClN2O3S/c1-10-7-11(8-12(16)13(10)15)21(19,20)17-9-14(18)5-3-2-4-6-14/h7-8,17-18H,2-6,9,16H2,1H3. The van der Waals surface area contributed by atoms with Crippen molar-refractivity contribution in [2.75, 3.05) is 12.3 Å². The van der Waals surface area contributed by atoms with Crippen LogP contribution in [0, 0.1) is 6.92 Å². The fraction of sp³-hybridized carbons (Fsp3) is 0.571. The summed E-state index contributed by atoms with van der Waals surface area (Å²) in [6, 6.07) is 2.81. The second-order valence-electron chi connectivity index (χ2n) is 5.75. The lowest BCUT2D eigenvalue weighted by Gasteiger charge is -2.32. The molecule has 1 aliphatic carbocycles. The summed E-state index contributed by atoms with van der Waals surface area (Å²) in [5.41, 5.74) is 5.60. The van der Waals surface area contributed by atoms with E-state index in [1.54, 1.807) is 6.92 Å². The zero-order valence-corrected chi connectivity index (χ0v) is 13.6. The van der Waals surface area contributed by atoms with Gasteiger partial charge in [0.1, 0.15) is 0 Å². The van der Waals surface area contributed by atoms with Crippen LogP contribution in [0.2, 0.25) is 5.02 Å². The van der Waals surface area contributed by atoms with Crippen LogP contribution in [-0.4, -0.2) is 25.7 Å². The molecule has 5 nitrogen and oxygen atoms in total. The van der Waals surface area contributed by atoms with Crippen LogP contribution in [0.1, 0.15) is 37.7 Å². The van der Waals surface area contributed by atoms with Crippen molar-refractivity contribution in [3.8, 4) is 0 Å². The quantitative estimate of drug-likeness (QED) is 0.737. The molecule has 0 bridgehead atoms. The van der Waals surface area contributed by atoms with Crippen molar-refractivity contribution >= 4 is 27.3 Å². The minimum Gasteiger partial charge on any atom is -0.397 e. The third-order valence-corrected chi connectivity index (χ3v) is 5.84. The molecule has 0 atom stereocenters. The van der Waals surface area contributed by atoms with Crippen molar-refractivity contribution in [2.24, 2.45) is 0 Å². The second kappa shape index (κ2) is 6.12. The van der Waals surface area contributed by atoms with Crippen molar-refractivity contribution in [2.45, 2.75) is 49.5 Å². The molecule has 0 heterocycles. The number of hydrogen-bond acceptors (Lipinski definition) is 4. The molecular formula is C14H21ClN2O3S. The largest absolute Gasteiger partial charge is 0.397 e. The Morgan fingerprint density at radius 3 is 2.52 bits per heavy atom. The van der Waals surface area contributed by atoms with Crippen molar-refractivity contribution in [1.82, 2.24) is 4.72 Å². The van der Waals surface area contributed by atoms with Gasteiger partial charge in [0.2, 0.25) is 10.0 Å². The summed E-state index contributed by atoms with van der Waals surface area (Å²) >= 11 is 5.94. The fourth-order valence-electron chi connectivity index (χ4n) is 2.62. The van der Waals surface area contributed by atoms with Gasteiger partial charge in [-0.15, -0.1) is 0 Å². The molecule has 4 N–H and O–H groups in total. The van der Waals surface area contributed by atoms with Crippen LogP contribution in [-0.2, 0) is 10.0 Å². The van der Waals surface area contributed by atoms with Crippen molar-refractivity contribution in [3.63, 3.8) is 0 Å². The van der Waals surface area contributed by atoms with E-state index >= 15 is 0 Å². The Kier molecular flexibility index (Phi) is 4.82. The molecule has 1 saturated carbocycles. The Bertz CT molecular complexity index is 602. The summed E-state index contributed by atoms with van der Waals surface area (Å²) < 4.78 is 27.1. The molecule has 1 fully saturated rings. The first-order valence-corrected chi connectivity index (χ1v) is 8.87. The number of halogens is 1. The van der Waals surface area contributed by atoms with Gasteiger partial charge in [-0.05, 0) is 37.5 Å². The van der Waals surface area contributed by atoms with Gasteiger partial charge in [-0.25, -0.2) is 13.1 Å². The number of anilines is 1. The zero-order valence-electron chi connectivity index (χ0n) is 12.0.